The van der Waals surface area contributed by atoms with Gasteiger partial charge in [-0.05, 0) is 57.0 Å². The number of nitrogens with one attached hydrogen (secondary N) is 1. The molecule has 0 radical (unpaired) electrons. The van der Waals surface area contributed by atoms with Gasteiger partial charge in [0.2, 0.25) is 0 Å². The number of nitrogens with zero attached hydrogens (tertiary/aromatic N) is 1. The Bertz CT molecular complexity index is 569. The third-order valence-electron chi connectivity index (χ3n) is 3.35. The zero-order valence-corrected chi connectivity index (χ0v) is 14.9. The molecule has 0 bridgehead atoms. The Labute approximate surface area is 133 Å². The molecule has 108 valence electrons. The van der Waals surface area contributed by atoms with Gasteiger partial charge < -0.3 is 5.32 Å². The topological polar surface area (TPSA) is 24.9 Å². The molecule has 20 heavy (non-hydrogen) atoms. The molecule has 0 saturated carbocycles. The largest absolute Gasteiger partial charge is 0.309 e. The summed E-state index contributed by atoms with van der Waals surface area (Å²) in [7, 11) is 0. The summed E-state index contributed by atoms with van der Waals surface area (Å²) in [6.07, 6.45) is 1.15. The van der Waals surface area contributed by atoms with Gasteiger partial charge in [0.1, 0.15) is 5.01 Å². The van der Waals surface area contributed by atoms with E-state index in [2.05, 4.69) is 66.5 Å². The monoisotopic (exact) mass is 352 g/mol. The van der Waals surface area contributed by atoms with Gasteiger partial charge >= 0.3 is 0 Å². The fraction of sp³-hybridized carbons (Fsp3) is 0.438. The number of rotatable bonds is 5. The molecular formula is C16H21BrN2S. The highest BCUT2D eigenvalue weighted by Crippen LogP contribution is 2.31. The summed E-state index contributed by atoms with van der Waals surface area (Å²) in [5, 5.41) is 6.74. The van der Waals surface area contributed by atoms with Gasteiger partial charge in [-0.15, -0.1) is 11.3 Å². The molecular weight excluding hydrogens is 332 g/mol. The molecule has 0 saturated heterocycles. The summed E-state index contributed by atoms with van der Waals surface area (Å²) in [6.45, 7) is 9.64. The second-order valence-electron chi connectivity index (χ2n) is 5.18. The van der Waals surface area contributed by atoms with Crippen LogP contribution in [0.25, 0.3) is 10.6 Å². The van der Waals surface area contributed by atoms with E-state index in [0.717, 1.165) is 23.7 Å². The molecule has 2 rings (SSSR count). The Kier molecular flexibility index (Phi) is 5.35. The summed E-state index contributed by atoms with van der Waals surface area (Å²) in [4.78, 5) is 4.79. The smallest absolute Gasteiger partial charge is 0.123 e. The van der Waals surface area contributed by atoms with E-state index in [1.807, 2.05) is 0 Å². The molecule has 0 fully saturated rings. The van der Waals surface area contributed by atoms with E-state index in [1.165, 1.54) is 21.2 Å². The van der Waals surface area contributed by atoms with Crippen LogP contribution in [0, 0.1) is 13.8 Å². The van der Waals surface area contributed by atoms with Gasteiger partial charge in [-0.3, -0.25) is 0 Å². The summed E-state index contributed by atoms with van der Waals surface area (Å²) in [6, 6.07) is 4.71. The van der Waals surface area contributed by atoms with Gasteiger partial charge in [0.15, 0.2) is 0 Å². The number of aromatic nitrogens is 1. The maximum atomic E-state index is 4.79. The predicted octanol–water partition coefficient (Wildman–Crippen LogP) is 5.25. The van der Waals surface area contributed by atoms with Crippen molar-refractivity contribution in [3.05, 3.63) is 38.8 Å². The molecule has 0 spiro atoms. The first kappa shape index (κ1) is 15.7. The Hall–Kier alpha value is -0.710. The molecule has 1 heterocycles. The van der Waals surface area contributed by atoms with Crippen LogP contribution in [-0.2, 0) is 0 Å². The van der Waals surface area contributed by atoms with E-state index >= 15 is 0 Å². The second kappa shape index (κ2) is 6.83. The van der Waals surface area contributed by atoms with Crippen molar-refractivity contribution >= 4 is 27.3 Å². The van der Waals surface area contributed by atoms with E-state index < -0.39 is 0 Å². The molecule has 1 N–H and O–H groups in total. The van der Waals surface area contributed by atoms with E-state index in [1.54, 1.807) is 11.3 Å². The number of hydrogen-bond acceptors (Lipinski definition) is 3. The maximum Gasteiger partial charge on any atom is 0.123 e. The fourth-order valence-corrected chi connectivity index (χ4v) is 3.28. The molecule has 1 aromatic carbocycles. The number of halogens is 1. The highest BCUT2D eigenvalue weighted by Gasteiger charge is 2.12. The van der Waals surface area contributed by atoms with Gasteiger partial charge in [0, 0.05) is 21.5 Å². The minimum atomic E-state index is 0.317. The van der Waals surface area contributed by atoms with E-state index in [9.17, 15) is 0 Å². The Morgan fingerprint density at radius 2 is 1.95 bits per heavy atom. The third kappa shape index (κ3) is 3.48. The first-order chi connectivity index (χ1) is 9.52. The van der Waals surface area contributed by atoms with Crippen LogP contribution in [0.4, 0.5) is 0 Å². The Morgan fingerprint density at radius 3 is 2.55 bits per heavy atom. The van der Waals surface area contributed by atoms with Crippen molar-refractivity contribution in [3.63, 3.8) is 0 Å². The van der Waals surface area contributed by atoms with Crippen LogP contribution in [0.3, 0.4) is 0 Å². The maximum absolute atomic E-state index is 4.79. The molecule has 2 aromatic rings. The van der Waals surface area contributed by atoms with Crippen molar-refractivity contribution < 1.29 is 0 Å². The van der Waals surface area contributed by atoms with Crippen molar-refractivity contribution in [1.82, 2.24) is 10.3 Å². The van der Waals surface area contributed by atoms with E-state index in [0.29, 0.717) is 6.04 Å². The summed E-state index contributed by atoms with van der Waals surface area (Å²) in [5.74, 6) is 0. The molecule has 2 nitrogen and oxygen atoms in total. The molecule has 4 heteroatoms. The van der Waals surface area contributed by atoms with Crippen molar-refractivity contribution in [2.24, 2.45) is 0 Å². The summed E-state index contributed by atoms with van der Waals surface area (Å²) < 4.78 is 1.19. The standard InChI is InChI=1S/C16H21BrN2S/c1-5-6-18-12(4)14-9-20-16(19-14)13-7-10(2)15(17)11(3)8-13/h7-9,12,18H,5-6H2,1-4H3. The van der Waals surface area contributed by atoms with E-state index in [4.69, 9.17) is 4.98 Å². The summed E-state index contributed by atoms with van der Waals surface area (Å²) in [5.41, 5.74) is 4.86. The lowest BCUT2D eigenvalue weighted by Gasteiger charge is -2.10. The Balaban J connectivity index is 2.24. The van der Waals surface area contributed by atoms with E-state index in [-0.39, 0.29) is 0 Å². The number of hydrogen-bond donors (Lipinski definition) is 1. The minimum Gasteiger partial charge on any atom is -0.309 e. The van der Waals surface area contributed by atoms with Crippen LogP contribution in [0.2, 0.25) is 0 Å². The lowest BCUT2D eigenvalue weighted by Crippen LogP contribution is -2.19. The quantitative estimate of drug-likeness (QED) is 0.794. The van der Waals surface area contributed by atoms with Gasteiger partial charge in [-0.1, -0.05) is 22.9 Å². The second-order valence-corrected chi connectivity index (χ2v) is 6.83. The lowest BCUT2D eigenvalue weighted by molar-refractivity contribution is 0.561. The number of thiazole rings is 1. The zero-order valence-electron chi connectivity index (χ0n) is 12.5. The SMILES string of the molecule is CCCNC(C)c1csc(-c2cc(C)c(Br)c(C)c2)n1. The fourth-order valence-electron chi connectivity index (χ4n) is 2.15. The highest BCUT2D eigenvalue weighted by molar-refractivity contribution is 9.10. The van der Waals surface area contributed by atoms with Crippen LogP contribution in [0.1, 0.15) is 43.1 Å². The van der Waals surface area contributed by atoms with Gasteiger partial charge in [-0.25, -0.2) is 4.98 Å². The Morgan fingerprint density at radius 1 is 1.30 bits per heavy atom. The molecule has 1 atom stereocenters. The van der Waals surface area contributed by atoms with Gasteiger partial charge in [0.25, 0.3) is 0 Å². The van der Waals surface area contributed by atoms with Crippen LogP contribution in [0.5, 0.6) is 0 Å². The normalized spacial score (nSPS) is 12.7. The lowest BCUT2D eigenvalue weighted by atomic mass is 10.1. The summed E-state index contributed by atoms with van der Waals surface area (Å²) >= 11 is 5.34. The van der Waals surface area contributed by atoms with Crippen molar-refractivity contribution in [3.8, 4) is 10.6 Å². The average Bonchev–Trinajstić information content (AvgIpc) is 2.91. The molecule has 0 aliphatic rings. The number of benzene rings is 1. The van der Waals surface area contributed by atoms with Gasteiger partial charge in [-0.2, -0.15) is 0 Å². The van der Waals surface area contributed by atoms with Crippen molar-refractivity contribution in [2.75, 3.05) is 6.54 Å². The first-order valence-corrected chi connectivity index (χ1v) is 8.66. The molecule has 0 aliphatic heterocycles. The van der Waals surface area contributed by atoms with Crippen molar-refractivity contribution in [1.29, 1.82) is 0 Å². The first-order valence-electron chi connectivity index (χ1n) is 6.98. The predicted molar refractivity (Wildman–Crippen MR) is 91.4 cm³/mol. The molecule has 0 amide bonds. The van der Waals surface area contributed by atoms with Crippen molar-refractivity contribution in [2.45, 2.75) is 40.2 Å². The van der Waals surface area contributed by atoms with Crippen LogP contribution >= 0.6 is 27.3 Å². The molecule has 1 aromatic heterocycles. The minimum absolute atomic E-state index is 0.317. The average molecular weight is 353 g/mol. The van der Waals surface area contributed by atoms with Gasteiger partial charge in [0.05, 0.1) is 5.69 Å². The highest BCUT2D eigenvalue weighted by atomic mass is 79.9. The molecule has 0 aliphatic carbocycles. The van der Waals surface area contributed by atoms with Crippen LogP contribution in [-0.4, -0.2) is 11.5 Å². The number of aryl methyl sites for hydroxylation is 2. The third-order valence-corrected chi connectivity index (χ3v) is 5.51. The van der Waals surface area contributed by atoms with Crippen LogP contribution < -0.4 is 5.32 Å². The van der Waals surface area contributed by atoms with Crippen LogP contribution in [0.15, 0.2) is 22.0 Å². The zero-order chi connectivity index (χ0) is 14.7. The molecule has 1 unspecified atom stereocenters.